The molecule has 1 aliphatic carbocycles. The zero-order valence-corrected chi connectivity index (χ0v) is 11.8. The van der Waals surface area contributed by atoms with Crippen molar-refractivity contribution in [1.82, 2.24) is 5.32 Å². The van der Waals surface area contributed by atoms with E-state index in [2.05, 4.69) is 5.32 Å². The summed E-state index contributed by atoms with van der Waals surface area (Å²) in [6.45, 7) is 0.757. The fraction of sp³-hybridized carbons (Fsp3) is 0.917. The maximum absolute atomic E-state index is 11.0. The molecule has 2 rings (SSSR count). The Morgan fingerprint density at radius 3 is 2.58 bits per heavy atom. The molecule has 19 heavy (non-hydrogen) atoms. The third-order valence-corrected chi connectivity index (χ3v) is 5.38. The maximum atomic E-state index is 11.0. The van der Waals surface area contributed by atoms with Crippen LogP contribution in [0.15, 0.2) is 0 Å². The highest BCUT2D eigenvalue weighted by molar-refractivity contribution is 7.51. The van der Waals surface area contributed by atoms with Gasteiger partial charge in [-0.1, -0.05) is 6.42 Å². The lowest BCUT2D eigenvalue weighted by Gasteiger charge is -2.41. The van der Waals surface area contributed by atoms with E-state index < -0.39 is 19.6 Å². The summed E-state index contributed by atoms with van der Waals surface area (Å²) < 4.78 is 10.9. The Morgan fingerprint density at radius 2 is 1.95 bits per heavy atom. The van der Waals surface area contributed by atoms with Crippen LogP contribution in [0.4, 0.5) is 0 Å². The molecule has 0 unspecified atom stereocenters. The van der Waals surface area contributed by atoms with Gasteiger partial charge in [-0.2, -0.15) is 0 Å². The summed E-state index contributed by atoms with van der Waals surface area (Å²) >= 11 is 0. The summed E-state index contributed by atoms with van der Waals surface area (Å²) in [7, 11) is -3.90. The summed E-state index contributed by atoms with van der Waals surface area (Å²) in [6, 6.07) is -0.457. The molecule has 0 amide bonds. The maximum Gasteiger partial charge on any atom is 0.325 e. The minimum atomic E-state index is -3.90. The van der Waals surface area contributed by atoms with E-state index in [1.807, 2.05) is 0 Å². The average Bonchev–Trinajstić information content (AvgIpc) is 2.34. The SMILES string of the molecule is O=C(O)[C@@H]1C[C@H]2C[C@@H](CCP(=O)(O)O)CC[C@H]2CN1. The van der Waals surface area contributed by atoms with E-state index in [4.69, 9.17) is 14.9 Å². The van der Waals surface area contributed by atoms with Gasteiger partial charge in [-0.05, 0) is 50.0 Å². The highest BCUT2D eigenvalue weighted by Gasteiger charge is 2.37. The van der Waals surface area contributed by atoms with E-state index in [9.17, 15) is 9.36 Å². The molecule has 0 aromatic rings. The van der Waals surface area contributed by atoms with Crippen molar-refractivity contribution in [1.29, 1.82) is 0 Å². The quantitative estimate of drug-likeness (QED) is 0.576. The minimum absolute atomic E-state index is 0.0460. The molecule has 6 nitrogen and oxygen atoms in total. The van der Waals surface area contributed by atoms with Crippen LogP contribution in [0, 0.1) is 17.8 Å². The first-order valence-electron chi connectivity index (χ1n) is 6.86. The van der Waals surface area contributed by atoms with Gasteiger partial charge in [0.05, 0.1) is 6.16 Å². The Hall–Kier alpha value is -0.420. The number of carbonyl (C=O) groups is 1. The van der Waals surface area contributed by atoms with Crippen molar-refractivity contribution in [3.63, 3.8) is 0 Å². The summed E-state index contributed by atoms with van der Waals surface area (Å²) in [5.41, 5.74) is 0. The van der Waals surface area contributed by atoms with Gasteiger partial charge < -0.3 is 20.2 Å². The molecule has 0 radical (unpaired) electrons. The van der Waals surface area contributed by atoms with Crippen LogP contribution in [0.2, 0.25) is 0 Å². The highest BCUT2D eigenvalue weighted by Crippen LogP contribution is 2.43. The number of rotatable bonds is 4. The minimum Gasteiger partial charge on any atom is -0.480 e. The molecule has 1 aliphatic heterocycles. The normalized spacial score (nSPS) is 35.7. The molecule has 1 saturated heterocycles. The number of carboxylic acid groups (broad SMARTS) is 1. The van der Waals surface area contributed by atoms with Crippen LogP contribution in [-0.4, -0.2) is 39.6 Å². The summed E-state index contributed by atoms with van der Waals surface area (Å²) in [6.07, 6.45) is 4.10. The molecule has 4 atom stereocenters. The molecule has 1 heterocycles. The number of hydrogen-bond acceptors (Lipinski definition) is 3. The number of hydrogen-bond donors (Lipinski definition) is 4. The van der Waals surface area contributed by atoms with Crippen LogP contribution in [0.25, 0.3) is 0 Å². The second-order valence-electron chi connectivity index (χ2n) is 5.91. The Labute approximate surface area is 112 Å². The smallest absolute Gasteiger partial charge is 0.325 e. The Kier molecular flexibility index (Phi) is 4.66. The van der Waals surface area contributed by atoms with E-state index in [0.717, 1.165) is 25.8 Å². The van der Waals surface area contributed by atoms with Gasteiger partial charge in [0.25, 0.3) is 0 Å². The van der Waals surface area contributed by atoms with Crippen LogP contribution in [0.1, 0.15) is 32.1 Å². The summed E-state index contributed by atoms with van der Waals surface area (Å²) in [5, 5.41) is 12.1. The molecule has 110 valence electrons. The van der Waals surface area contributed by atoms with E-state index in [1.54, 1.807) is 0 Å². The first-order valence-corrected chi connectivity index (χ1v) is 8.65. The molecule has 2 fully saturated rings. The van der Waals surface area contributed by atoms with Gasteiger partial charge in [-0.3, -0.25) is 9.36 Å². The predicted molar refractivity (Wildman–Crippen MR) is 69.9 cm³/mol. The Balaban J connectivity index is 1.86. The first-order chi connectivity index (χ1) is 8.85. The number of nitrogens with one attached hydrogen (secondary N) is 1. The fourth-order valence-electron chi connectivity index (χ4n) is 3.46. The fourth-order valence-corrected chi connectivity index (χ4v) is 4.16. The van der Waals surface area contributed by atoms with Crippen molar-refractivity contribution in [2.24, 2.45) is 17.8 Å². The second-order valence-corrected chi connectivity index (χ2v) is 7.69. The lowest BCUT2D eigenvalue weighted by Crippen LogP contribution is -2.49. The Morgan fingerprint density at radius 1 is 1.21 bits per heavy atom. The summed E-state index contributed by atoms with van der Waals surface area (Å²) in [4.78, 5) is 28.8. The van der Waals surface area contributed by atoms with E-state index in [1.165, 1.54) is 0 Å². The van der Waals surface area contributed by atoms with Crippen molar-refractivity contribution >= 4 is 13.6 Å². The van der Waals surface area contributed by atoms with Crippen LogP contribution >= 0.6 is 7.60 Å². The molecule has 0 spiro atoms. The lowest BCUT2D eigenvalue weighted by atomic mass is 9.69. The molecule has 7 heteroatoms. The van der Waals surface area contributed by atoms with Crippen LogP contribution < -0.4 is 5.32 Å². The van der Waals surface area contributed by atoms with Gasteiger partial charge in [0.15, 0.2) is 0 Å². The van der Waals surface area contributed by atoms with Crippen LogP contribution in [0.3, 0.4) is 0 Å². The number of fused-ring (bicyclic) bond motifs is 1. The van der Waals surface area contributed by atoms with Gasteiger partial charge >= 0.3 is 13.6 Å². The molecular weight excluding hydrogens is 269 g/mol. The Bertz CT molecular complexity index is 382. The lowest BCUT2D eigenvalue weighted by molar-refractivity contribution is -0.141. The molecule has 4 N–H and O–H groups in total. The van der Waals surface area contributed by atoms with Gasteiger partial charge in [0.1, 0.15) is 6.04 Å². The van der Waals surface area contributed by atoms with Gasteiger partial charge in [-0.25, -0.2) is 0 Å². The van der Waals surface area contributed by atoms with E-state index in [0.29, 0.717) is 30.6 Å². The number of piperidine rings is 1. The predicted octanol–water partition coefficient (Wildman–Crippen LogP) is 1.03. The second kappa shape index (κ2) is 5.92. The van der Waals surface area contributed by atoms with Crippen molar-refractivity contribution < 1.29 is 24.3 Å². The number of aliphatic carboxylic acids is 1. The van der Waals surface area contributed by atoms with E-state index in [-0.39, 0.29) is 6.16 Å². The van der Waals surface area contributed by atoms with Crippen molar-refractivity contribution in [3.05, 3.63) is 0 Å². The van der Waals surface area contributed by atoms with Crippen molar-refractivity contribution in [2.75, 3.05) is 12.7 Å². The van der Waals surface area contributed by atoms with Crippen molar-refractivity contribution in [2.45, 2.75) is 38.1 Å². The topological polar surface area (TPSA) is 107 Å². The molecule has 0 bridgehead atoms. The highest BCUT2D eigenvalue weighted by atomic mass is 31.2. The van der Waals surface area contributed by atoms with Crippen LogP contribution in [0.5, 0.6) is 0 Å². The van der Waals surface area contributed by atoms with Gasteiger partial charge in [0, 0.05) is 0 Å². The zero-order valence-electron chi connectivity index (χ0n) is 10.9. The first kappa shape index (κ1) is 15.0. The monoisotopic (exact) mass is 291 g/mol. The van der Waals surface area contributed by atoms with E-state index >= 15 is 0 Å². The van der Waals surface area contributed by atoms with Gasteiger partial charge in [-0.15, -0.1) is 0 Å². The largest absolute Gasteiger partial charge is 0.480 e. The molecule has 1 saturated carbocycles. The molecular formula is C12H22NO5P. The molecule has 2 aliphatic rings. The molecule has 0 aromatic carbocycles. The third kappa shape index (κ3) is 4.28. The standard InChI is InChI=1S/C12H22NO5P/c14-12(15)11-6-10-5-8(3-4-19(16,17)18)1-2-9(10)7-13-11/h8-11,13H,1-7H2,(H,14,15)(H2,16,17,18)/t8-,9+,10-,11+/m1/s1. The third-order valence-electron chi connectivity index (χ3n) is 4.54. The molecule has 0 aromatic heterocycles. The summed E-state index contributed by atoms with van der Waals surface area (Å²) in [5.74, 6) is 0.456. The van der Waals surface area contributed by atoms with Crippen molar-refractivity contribution in [3.8, 4) is 0 Å². The number of carboxylic acids is 1. The van der Waals surface area contributed by atoms with Crippen LogP contribution in [-0.2, 0) is 9.36 Å². The average molecular weight is 291 g/mol. The zero-order chi connectivity index (χ0) is 14.0. The van der Waals surface area contributed by atoms with Gasteiger partial charge in [0.2, 0.25) is 0 Å².